The molecule has 2 aromatic heterocycles. The zero-order valence-electron chi connectivity index (χ0n) is 11.6. The van der Waals surface area contributed by atoms with Crippen LogP contribution in [0.4, 0.5) is 10.2 Å². The third-order valence-electron chi connectivity index (χ3n) is 4.01. The fourth-order valence-electron chi connectivity index (χ4n) is 2.94. The molecule has 3 nitrogen and oxygen atoms in total. The maximum atomic E-state index is 13.4. The van der Waals surface area contributed by atoms with Crippen molar-refractivity contribution in [2.24, 2.45) is 0 Å². The van der Waals surface area contributed by atoms with Crippen LogP contribution in [0.2, 0.25) is 0 Å². The van der Waals surface area contributed by atoms with Crippen molar-refractivity contribution in [2.75, 3.05) is 5.73 Å². The summed E-state index contributed by atoms with van der Waals surface area (Å²) < 4.78 is 13.4. The molecule has 2 heterocycles. The number of aryl methyl sites for hydroxylation is 3. The largest absolute Gasteiger partial charge is 0.383 e. The van der Waals surface area contributed by atoms with Crippen LogP contribution in [0.1, 0.15) is 22.4 Å². The van der Waals surface area contributed by atoms with Gasteiger partial charge in [0.1, 0.15) is 16.5 Å². The number of halogens is 1. The second-order valence-electron chi connectivity index (χ2n) is 5.43. The summed E-state index contributed by atoms with van der Waals surface area (Å²) in [6, 6.07) is 4.91. The summed E-state index contributed by atoms with van der Waals surface area (Å²) in [5.41, 5.74) is 8.88. The van der Waals surface area contributed by atoms with E-state index in [1.807, 2.05) is 0 Å². The molecule has 0 saturated heterocycles. The van der Waals surface area contributed by atoms with E-state index in [9.17, 15) is 4.39 Å². The minimum Gasteiger partial charge on any atom is -0.383 e. The first kappa shape index (κ1) is 12.7. The summed E-state index contributed by atoms with van der Waals surface area (Å²) in [5, 5.41) is 1.02. The van der Waals surface area contributed by atoms with Crippen molar-refractivity contribution in [3.63, 3.8) is 0 Å². The van der Waals surface area contributed by atoms with Crippen LogP contribution in [0.5, 0.6) is 0 Å². The van der Waals surface area contributed by atoms with E-state index in [0.29, 0.717) is 17.2 Å². The van der Waals surface area contributed by atoms with Crippen LogP contribution in [0, 0.1) is 12.7 Å². The molecule has 0 atom stereocenters. The van der Waals surface area contributed by atoms with E-state index in [-0.39, 0.29) is 5.82 Å². The molecule has 1 aliphatic carbocycles. The van der Waals surface area contributed by atoms with Gasteiger partial charge in [-0.2, -0.15) is 0 Å². The minimum absolute atomic E-state index is 0.220. The molecule has 1 aromatic carbocycles. The second-order valence-corrected chi connectivity index (χ2v) is 6.52. The molecule has 1 aliphatic rings. The average molecular weight is 299 g/mol. The number of nitrogen functional groups attached to an aromatic ring is 1. The molecule has 0 unspecified atom stereocenters. The Balaban J connectivity index is 1.92. The number of aromatic nitrogens is 2. The lowest BCUT2D eigenvalue weighted by molar-refractivity contribution is 0.618. The van der Waals surface area contributed by atoms with Gasteiger partial charge in [-0.25, -0.2) is 14.4 Å². The van der Waals surface area contributed by atoms with Crippen LogP contribution in [-0.2, 0) is 12.8 Å². The first-order chi connectivity index (χ1) is 10.1. The summed E-state index contributed by atoms with van der Waals surface area (Å²) in [4.78, 5) is 11.4. The number of nitrogens with zero attached hydrogens (tertiary/aromatic N) is 2. The van der Waals surface area contributed by atoms with Crippen LogP contribution in [0.25, 0.3) is 21.6 Å². The number of hydrogen-bond acceptors (Lipinski definition) is 4. The predicted octanol–water partition coefficient (Wildman–Crippen LogP) is 3.88. The molecule has 4 rings (SSSR count). The summed E-state index contributed by atoms with van der Waals surface area (Å²) in [7, 11) is 0. The Morgan fingerprint density at radius 2 is 2.10 bits per heavy atom. The highest BCUT2D eigenvalue weighted by atomic mass is 32.1. The molecule has 0 spiro atoms. The van der Waals surface area contributed by atoms with Gasteiger partial charge in [-0.05, 0) is 55.5 Å². The highest BCUT2D eigenvalue weighted by Gasteiger charge is 2.21. The average Bonchev–Trinajstić information content (AvgIpc) is 3.01. The molecule has 0 saturated carbocycles. The Morgan fingerprint density at radius 1 is 1.24 bits per heavy atom. The standard InChI is InChI=1S/C16H14FN3S/c1-8-7-9(5-6-11(8)17)15-19-14(18)13-10-3-2-4-12(10)21-16(13)20-15/h5-7H,2-4H2,1H3,(H2,18,19,20). The number of benzene rings is 1. The number of rotatable bonds is 1. The third-order valence-corrected chi connectivity index (χ3v) is 5.19. The molecular formula is C16H14FN3S. The van der Waals surface area contributed by atoms with Crippen molar-refractivity contribution < 1.29 is 4.39 Å². The molecule has 0 amide bonds. The van der Waals surface area contributed by atoms with Crippen molar-refractivity contribution in [3.8, 4) is 11.4 Å². The fourth-order valence-corrected chi connectivity index (χ4v) is 4.21. The van der Waals surface area contributed by atoms with Gasteiger partial charge in [0, 0.05) is 10.4 Å². The summed E-state index contributed by atoms with van der Waals surface area (Å²) in [6.07, 6.45) is 3.37. The van der Waals surface area contributed by atoms with Gasteiger partial charge in [0.2, 0.25) is 0 Å². The summed E-state index contributed by atoms with van der Waals surface area (Å²) >= 11 is 1.71. The maximum Gasteiger partial charge on any atom is 0.163 e. The van der Waals surface area contributed by atoms with Gasteiger partial charge in [-0.3, -0.25) is 0 Å². The van der Waals surface area contributed by atoms with Crippen molar-refractivity contribution in [1.29, 1.82) is 0 Å². The Labute approximate surface area is 125 Å². The van der Waals surface area contributed by atoms with E-state index in [1.54, 1.807) is 30.4 Å². The van der Waals surface area contributed by atoms with Crippen molar-refractivity contribution in [3.05, 3.63) is 40.0 Å². The van der Waals surface area contributed by atoms with Crippen LogP contribution < -0.4 is 5.73 Å². The van der Waals surface area contributed by atoms with Gasteiger partial charge in [0.05, 0.1) is 5.39 Å². The van der Waals surface area contributed by atoms with E-state index in [2.05, 4.69) is 9.97 Å². The topological polar surface area (TPSA) is 51.8 Å². The zero-order valence-corrected chi connectivity index (χ0v) is 12.4. The van der Waals surface area contributed by atoms with Gasteiger partial charge in [-0.15, -0.1) is 11.3 Å². The van der Waals surface area contributed by atoms with Gasteiger partial charge in [-0.1, -0.05) is 0 Å². The van der Waals surface area contributed by atoms with Crippen molar-refractivity contribution >= 4 is 27.4 Å². The second kappa shape index (κ2) is 4.49. The SMILES string of the molecule is Cc1cc(-c2nc(N)c3c4c(sc3n2)CCC4)ccc1F. The fraction of sp³-hybridized carbons (Fsp3) is 0.250. The molecule has 2 N–H and O–H groups in total. The monoisotopic (exact) mass is 299 g/mol. The minimum atomic E-state index is -0.220. The number of fused-ring (bicyclic) bond motifs is 3. The Kier molecular flexibility index (Phi) is 2.72. The van der Waals surface area contributed by atoms with Gasteiger partial charge >= 0.3 is 0 Å². The van der Waals surface area contributed by atoms with Gasteiger partial charge < -0.3 is 5.73 Å². The molecule has 0 fully saturated rings. The quantitative estimate of drug-likeness (QED) is 0.742. The highest BCUT2D eigenvalue weighted by Crippen LogP contribution is 2.39. The van der Waals surface area contributed by atoms with Crippen LogP contribution in [0.15, 0.2) is 18.2 Å². The van der Waals surface area contributed by atoms with Crippen molar-refractivity contribution in [2.45, 2.75) is 26.2 Å². The zero-order chi connectivity index (χ0) is 14.6. The van der Waals surface area contributed by atoms with Crippen molar-refractivity contribution in [1.82, 2.24) is 9.97 Å². The number of anilines is 1. The molecule has 3 aromatic rings. The van der Waals surface area contributed by atoms with Crippen LogP contribution >= 0.6 is 11.3 Å². The predicted molar refractivity (Wildman–Crippen MR) is 84.0 cm³/mol. The molecule has 21 heavy (non-hydrogen) atoms. The summed E-state index contributed by atoms with van der Waals surface area (Å²) in [6.45, 7) is 1.74. The highest BCUT2D eigenvalue weighted by molar-refractivity contribution is 7.19. The van der Waals surface area contributed by atoms with E-state index in [0.717, 1.165) is 28.6 Å². The molecule has 0 radical (unpaired) electrons. The molecule has 0 bridgehead atoms. The molecular weight excluding hydrogens is 285 g/mol. The Morgan fingerprint density at radius 3 is 2.90 bits per heavy atom. The lowest BCUT2D eigenvalue weighted by Gasteiger charge is -2.05. The van der Waals surface area contributed by atoms with Gasteiger partial charge in [0.15, 0.2) is 5.82 Å². The molecule has 0 aliphatic heterocycles. The molecule has 5 heteroatoms. The maximum absolute atomic E-state index is 13.4. The Hall–Kier alpha value is -2.01. The summed E-state index contributed by atoms with van der Waals surface area (Å²) in [5.74, 6) is 0.891. The van der Waals surface area contributed by atoms with E-state index >= 15 is 0 Å². The number of nitrogens with two attached hydrogens (primary N) is 1. The lowest BCUT2D eigenvalue weighted by atomic mass is 10.1. The first-order valence-electron chi connectivity index (χ1n) is 6.98. The van der Waals surface area contributed by atoms with Gasteiger partial charge in [0.25, 0.3) is 0 Å². The third kappa shape index (κ3) is 1.92. The van der Waals surface area contributed by atoms with Crippen LogP contribution in [-0.4, -0.2) is 9.97 Å². The van der Waals surface area contributed by atoms with E-state index < -0.39 is 0 Å². The molecule has 106 valence electrons. The normalized spacial score (nSPS) is 13.8. The van der Waals surface area contributed by atoms with E-state index in [4.69, 9.17) is 5.73 Å². The number of hydrogen-bond donors (Lipinski definition) is 1. The lowest BCUT2D eigenvalue weighted by Crippen LogP contribution is -1.98. The number of thiophene rings is 1. The first-order valence-corrected chi connectivity index (χ1v) is 7.79. The van der Waals surface area contributed by atoms with Crippen LogP contribution in [0.3, 0.4) is 0 Å². The van der Waals surface area contributed by atoms with E-state index in [1.165, 1.54) is 22.9 Å². The Bertz CT molecular complexity index is 870. The smallest absolute Gasteiger partial charge is 0.163 e.